The summed E-state index contributed by atoms with van der Waals surface area (Å²) in [6, 6.07) is 3.48. The smallest absolute Gasteiger partial charge is 0.343 e. The molecule has 1 unspecified atom stereocenters. The molecule has 30 heavy (non-hydrogen) atoms. The lowest BCUT2D eigenvalue weighted by Gasteiger charge is -2.37. The van der Waals surface area contributed by atoms with Gasteiger partial charge in [-0.2, -0.15) is 17.5 Å². The van der Waals surface area contributed by atoms with Crippen LogP contribution in [0.3, 0.4) is 0 Å². The van der Waals surface area contributed by atoms with Gasteiger partial charge >= 0.3 is 6.18 Å². The fourth-order valence-corrected chi connectivity index (χ4v) is 6.22. The van der Waals surface area contributed by atoms with Crippen LogP contribution in [0.15, 0.2) is 29.2 Å². The summed E-state index contributed by atoms with van der Waals surface area (Å²) >= 11 is 0. The van der Waals surface area contributed by atoms with Crippen molar-refractivity contribution in [2.24, 2.45) is 0 Å². The van der Waals surface area contributed by atoms with Crippen molar-refractivity contribution in [1.82, 2.24) is 9.21 Å². The Morgan fingerprint density at radius 1 is 1.10 bits per heavy atom. The van der Waals surface area contributed by atoms with Crippen LogP contribution in [0.1, 0.15) is 63.4 Å². The zero-order valence-corrected chi connectivity index (χ0v) is 18.0. The molecule has 5 nitrogen and oxygen atoms in total. The van der Waals surface area contributed by atoms with Gasteiger partial charge in [-0.1, -0.05) is 31.7 Å². The van der Waals surface area contributed by atoms with E-state index < -0.39 is 27.8 Å². The van der Waals surface area contributed by atoms with E-state index in [1.54, 1.807) is 11.9 Å². The lowest BCUT2D eigenvalue weighted by molar-refractivity contribution is -0.137. The van der Waals surface area contributed by atoms with E-state index in [9.17, 15) is 26.4 Å². The highest BCUT2D eigenvalue weighted by Gasteiger charge is 2.37. The van der Waals surface area contributed by atoms with Crippen molar-refractivity contribution in [1.29, 1.82) is 0 Å². The van der Waals surface area contributed by atoms with Crippen molar-refractivity contribution in [3.8, 4) is 0 Å². The third-order valence-corrected chi connectivity index (χ3v) is 8.21. The number of sulfonamides is 1. The van der Waals surface area contributed by atoms with E-state index in [0.717, 1.165) is 44.2 Å². The van der Waals surface area contributed by atoms with Gasteiger partial charge in [0.25, 0.3) is 0 Å². The highest BCUT2D eigenvalue weighted by atomic mass is 32.2. The third kappa shape index (κ3) is 5.17. The predicted molar refractivity (Wildman–Crippen MR) is 107 cm³/mol. The number of alkyl halides is 3. The summed E-state index contributed by atoms with van der Waals surface area (Å²) < 4.78 is 66.7. The number of amides is 1. The molecule has 1 aromatic rings. The summed E-state index contributed by atoms with van der Waals surface area (Å²) in [4.78, 5) is 14.2. The third-order valence-electron chi connectivity index (χ3n) is 6.27. The summed E-state index contributed by atoms with van der Waals surface area (Å²) in [6.45, 7) is 0.212. The molecule has 1 atom stereocenters. The minimum absolute atomic E-state index is 0.0607. The molecule has 3 rings (SSSR count). The van der Waals surface area contributed by atoms with Gasteiger partial charge in [-0.15, -0.1) is 0 Å². The maximum atomic E-state index is 13.2. The van der Waals surface area contributed by atoms with Gasteiger partial charge in [0.05, 0.1) is 10.5 Å². The van der Waals surface area contributed by atoms with Gasteiger partial charge in [0.15, 0.2) is 0 Å². The quantitative estimate of drug-likeness (QED) is 0.672. The van der Waals surface area contributed by atoms with E-state index in [-0.39, 0.29) is 29.8 Å². The monoisotopic (exact) mass is 446 g/mol. The van der Waals surface area contributed by atoms with E-state index in [0.29, 0.717) is 18.9 Å². The molecule has 0 radical (unpaired) electrons. The summed E-state index contributed by atoms with van der Waals surface area (Å²) in [5, 5.41) is 0. The molecule has 0 N–H and O–H groups in total. The van der Waals surface area contributed by atoms with Crippen LogP contribution < -0.4 is 0 Å². The van der Waals surface area contributed by atoms with E-state index in [1.807, 2.05) is 0 Å². The number of benzene rings is 1. The molecule has 1 saturated carbocycles. The Balaban J connectivity index is 1.78. The fourth-order valence-electron chi connectivity index (χ4n) is 4.48. The first-order valence-corrected chi connectivity index (χ1v) is 12.0. The van der Waals surface area contributed by atoms with Crippen molar-refractivity contribution < 1.29 is 26.4 Å². The average molecular weight is 447 g/mol. The van der Waals surface area contributed by atoms with Gasteiger partial charge in [0.2, 0.25) is 15.9 Å². The van der Waals surface area contributed by atoms with Crippen LogP contribution in [0.25, 0.3) is 0 Å². The number of hydrogen-bond acceptors (Lipinski definition) is 3. The lowest BCUT2D eigenvalue weighted by atomic mass is 9.93. The molecule has 9 heteroatoms. The number of piperidine rings is 1. The van der Waals surface area contributed by atoms with Crippen LogP contribution in [0.5, 0.6) is 0 Å². The van der Waals surface area contributed by atoms with Crippen LogP contribution in [0, 0.1) is 0 Å². The summed E-state index contributed by atoms with van der Waals surface area (Å²) in [7, 11) is -2.36. The number of rotatable bonds is 5. The Morgan fingerprint density at radius 3 is 2.43 bits per heavy atom. The number of carbonyl (C=O) groups excluding carboxylic acids is 1. The molecule has 0 spiro atoms. The maximum Gasteiger partial charge on any atom is 0.416 e. The molecular formula is C21H29F3N2O3S. The molecule has 1 aliphatic carbocycles. The molecule has 0 bridgehead atoms. The Kier molecular flexibility index (Phi) is 7.12. The maximum absolute atomic E-state index is 13.2. The van der Waals surface area contributed by atoms with Gasteiger partial charge < -0.3 is 4.90 Å². The number of halogens is 3. The SMILES string of the molecule is CN(C(=O)CC1CCCCN1S(=O)(=O)c1cccc(C(F)(F)F)c1)C1CCCCC1. The molecule has 168 valence electrons. The van der Waals surface area contributed by atoms with Crippen molar-refractivity contribution in [3.05, 3.63) is 29.8 Å². The Morgan fingerprint density at radius 2 is 1.77 bits per heavy atom. The number of nitrogens with zero attached hydrogens (tertiary/aromatic N) is 2. The first-order chi connectivity index (χ1) is 14.1. The lowest BCUT2D eigenvalue weighted by Crippen LogP contribution is -2.47. The van der Waals surface area contributed by atoms with Crippen molar-refractivity contribution in [2.75, 3.05) is 13.6 Å². The van der Waals surface area contributed by atoms with Crippen molar-refractivity contribution in [3.63, 3.8) is 0 Å². The van der Waals surface area contributed by atoms with E-state index >= 15 is 0 Å². The number of carbonyl (C=O) groups is 1. The molecular weight excluding hydrogens is 417 g/mol. The summed E-state index contributed by atoms with van der Waals surface area (Å²) in [6.07, 6.45) is 2.65. The largest absolute Gasteiger partial charge is 0.416 e. The second-order valence-corrected chi connectivity index (χ2v) is 10.2. The van der Waals surface area contributed by atoms with Crippen LogP contribution in [-0.4, -0.2) is 49.2 Å². The molecule has 1 amide bonds. The van der Waals surface area contributed by atoms with E-state index in [1.165, 1.54) is 16.8 Å². The first kappa shape index (κ1) is 23.1. The summed E-state index contributed by atoms with van der Waals surface area (Å²) in [5.74, 6) is -0.0990. The van der Waals surface area contributed by atoms with Gasteiger partial charge in [-0.05, 0) is 43.9 Å². The Labute approximate surface area is 176 Å². The average Bonchev–Trinajstić information content (AvgIpc) is 2.73. The second-order valence-electron chi connectivity index (χ2n) is 8.29. The Hall–Kier alpha value is -1.61. The van der Waals surface area contributed by atoms with Gasteiger partial charge in [0.1, 0.15) is 0 Å². The molecule has 1 aliphatic heterocycles. The highest BCUT2D eigenvalue weighted by Crippen LogP contribution is 2.33. The summed E-state index contributed by atoms with van der Waals surface area (Å²) in [5.41, 5.74) is -0.995. The van der Waals surface area contributed by atoms with Crippen LogP contribution in [-0.2, 0) is 21.0 Å². The molecule has 1 heterocycles. The highest BCUT2D eigenvalue weighted by molar-refractivity contribution is 7.89. The number of hydrogen-bond donors (Lipinski definition) is 0. The van der Waals surface area contributed by atoms with Crippen LogP contribution >= 0.6 is 0 Å². The van der Waals surface area contributed by atoms with Gasteiger partial charge in [-0.3, -0.25) is 4.79 Å². The molecule has 1 saturated heterocycles. The fraction of sp³-hybridized carbons (Fsp3) is 0.667. The van der Waals surface area contributed by atoms with Crippen molar-refractivity contribution >= 4 is 15.9 Å². The van der Waals surface area contributed by atoms with Gasteiger partial charge in [0, 0.05) is 32.1 Å². The van der Waals surface area contributed by atoms with Crippen LogP contribution in [0.4, 0.5) is 13.2 Å². The molecule has 2 aliphatic rings. The Bertz CT molecular complexity index is 851. The minimum Gasteiger partial charge on any atom is -0.343 e. The van der Waals surface area contributed by atoms with E-state index in [4.69, 9.17) is 0 Å². The topological polar surface area (TPSA) is 57.7 Å². The first-order valence-electron chi connectivity index (χ1n) is 10.6. The zero-order chi connectivity index (χ0) is 21.9. The zero-order valence-electron chi connectivity index (χ0n) is 17.2. The minimum atomic E-state index is -4.62. The second kappa shape index (κ2) is 9.26. The van der Waals surface area contributed by atoms with Crippen LogP contribution in [0.2, 0.25) is 0 Å². The van der Waals surface area contributed by atoms with Gasteiger partial charge in [-0.25, -0.2) is 8.42 Å². The predicted octanol–water partition coefficient (Wildman–Crippen LogP) is 4.43. The molecule has 2 fully saturated rings. The normalized spacial score (nSPS) is 22.1. The van der Waals surface area contributed by atoms with Crippen molar-refractivity contribution in [2.45, 2.75) is 80.9 Å². The van der Waals surface area contributed by atoms with E-state index in [2.05, 4.69) is 0 Å². The molecule has 0 aromatic heterocycles. The molecule has 1 aromatic carbocycles. The standard InChI is InChI=1S/C21H29F3N2O3S/c1-25(17-9-3-2-4-10-17)20(27)15-18-11-5-6-13-26(18)30(28,29)19-12-7-8-16(14-19)21(22,23)24/h7-8,12,14,17-18H,2-6,9-11,13,15H2,1H3.